The van der Waals surface area contributed by atoms with Gasteiger partial charge in [0.05, 0.1) is 11.1 Å². The Labute approximate surface area is 165 Å². The molecule has 1 saturated carbocycles. The standard InChI is InChI=1S/C21H19F3N2O3/c1-3-13-9-16(8-12(13)2)29-18-5-4-14(21(22,23)24)10-17(18)20(28)26-15-6-7-25-19(27)11-15/h1,4-7,10-13,16H,8-9H2,2H3,(H2,25,26,27,28)/t12-,13+,16?/m0/s1. The van der Waals surface area contributed by atoms with Crippen molar-refractivity contribution >= 4 is 11.6 Å². The minimum absolute atomic E-state index is 0.0165. The van der Waals surface area contributed by atoms with Gasteiger partial charge in [-0.15, -0.1) is 12.3 Å². The van der Waals surface area contributed by atoms with Crippen LogP contribution in [0, 0.1) is 24.2 Å². The predicted octanol–water partition coefficient (Wildman–Crippen LogP) is 4.07. The molecule has 1 amide bonds. The number of carbonyl (C=O) groups is 1. The van der Waals surface area contributed by atoms with Crippen LogP contribution >= 0.6 is 0 Å². The first kappa shape index (κ1) is 20.5. The largest absolute Gasteiger partial charge is 0.490 e. The van der Waals surface area contributed by atoms with Crippen LogP contribution in [0.4, 0.5) is 18.9 Å². The summed E-state index contributed by atoms with van der Waals surface area (Å²) in [6.07, 6.45) is 3.11. The summed E-state index contributed by atoms with van der Waals surface area (Å²) in [5, 5.41) is 2.43. The first-order chi connectivity index (χ1) is 13.7. The zero-order valence-corrected chi connectivity index (χ0v) is 15.5. The van der Waals surface area contributed by atoms with Crippen LogP contribution in [-0.4, -0.2) is 17.0 Å². The van der Waals surface area contributed by atoms with E-state index >= 15 is 0 Å². The minimum atomic E-state index is -4.62. The summed E-state index contributed by atoms with van der Waals surface area (Å²) >= 11 is 0. The van der Waals surface area contributed by atoms with Gasteiger partial charge >= 0.3 is 6.18 Å². The van der Waals surface area contributed by atoms with Gasteiger partial charge in [0.15, 0.2) is 0 Å². The van der Waals surface area contributed by atoms with Crippen molar-refractivity contribution in [3.8, 4) is 18.1 Å². The molecule has 3 rings (SSSR count). The lowest BCUT2D eigenvalue weighted by atomic mass is 10.00. The topological polar surface area (TPSA) is 71.2 Å². The number of carbonyl (C=O) groups excluding carboxylic acids is 1. The first-order valence-electron chi connectivity index (χ1n) is 9.01. The highest BCUT2D eigenvalue weighted by Crippen LogP contribution is 2.37. The van der Waals surface area contributed by atoms with Crippen molar-refractivity contribution in [2.45, 2.75) is 32.0 Å². The third-order valence-corrected chi connectivity index (χ3v) is 4.93. The van der Waals surface area contributed by atoms with Crippen LogP contribution in [0.15, 0.2) is 41.3 Å². The van der Waals surface area contributed by atoms with Gasteiger partial charge in [0.1, 0.15) is 11.9 Å². The van der Waals surface area contributed by atoms with Gasteiger partial charge in [0.2, 0.25) is 5.56 Å². The van der Waals surface area contributed by atoms with Crippen LogP contribution in [0.1, 0.15) is 35.7 Å². The highest BCUT2D eigenvalue weighted by Gasteiger charge is 2.34. The molecule has 1 aromatic heterocycles. The molecule has 1 aliphatic rings. The number of anilines is 1. The normalized spacial score (nSPS) is 21.4. The Morgan fingerprint density at radius 2 is 2.03 bits per heavy atom. The maximum Gasteiger partial charge on any atom is 0.416 e. The lowest BCUT2D eigenvalue weighted by Crippen LogP contribution is -2.20. The van der Waals surface area contributed by atoms with E-state index < -0.39 is 23.2 Å². The van der Waals surface area contributed by atoms with Crippen molar-refractivity contribution in [3.63, 3.8) is 0 Å². The number of hydrogen-bond donors (Lipinski definition) is 2. The average Bonchev–Trinajstić information content (AvgIpc) is 3.00. The molecule has 1 aromatic carbocycles. The van der Waals surface area contributed by atoms with Gasteiger partial charge in [-0.1, -0.05) is 6.92 Å². The number of aromatic amines is 1. The third kappa shape index (κ3) is 4.80. The van der Waals surface area contributed by atoms with Crippen molar-refractivity contribution in [1.82, 2.24) is 4.98 Å². The third-order valence-electron chi connectivity index (χ3n) is 4.93. The van der Waals surface area contributed by atoms with Crippen molar-refractivity contribution in [1.29, 1.82) is 0 Å². The number of halogens is 3. The molecule has 1 aliphatic carbocycles. The second kappa shape index (κ2) is 8.03. The lowest BCUT2D eigenvalue weighted by molar-refractivity contribution is -0.137. The molecule has 5 nitrogen and oxygen atoms in total. The zero-order chi connectivity index (χ0) is 21.2. The minimum Gasteiger partial charge on any atom is -0.490 e. The number of aromatic nitrogens is 1. The summed E-state index contributed by atoms with van der Waals surface area (Å²) in [4.78, 5) is 26.5. The quantitative estimate of drug-likeness (QED) is 0.755. The number of hydrogen-bond acceptors (Lipinski definition) is 3. The van der Waals surface area contributed by atoms with Crippen LogP contribution in [-0.2, 0) is 6.18 Å². The number of pyridine rings is 1. The van der Waals surface area contributed by atoms with E-state index in [4.69, 9.17) is 11.2 Å². The number of amides is 1. The molecule has 2 N–H and O–H groups in total. The summed E-state index contributed by atoms with van der Waals surface area (Å²) in [5.74, 6) is 2.15. The van der Waals surface area contributed by atoms with Gasteiger partial charge in [0.25, 0.3) is 5.91 Å². The van der Waals surface area contributed by atoms with Crippen molar-refractivity contribution in [3.05, 3.63) is 58.0 Å². The second-order valence-electron chi connectivity index (χ2n) is 7.07. The fourth-order valence-corrected chi connectivity index (χ4v) is 3.41. The molecule has 29 heavy (non-hydrogen) atoms. The number of terminal acetylenes is 1. The highest BCUT2D eigenvalue weighted by atomic mass is 19.4. The van der Waals surface area contributed by atoms with Gasteiger partial charge in [-0.2, -0.15) is 13.2 Å². The molecule has 2 aromatic rings. The highest BCUT2D eigenvalue weighted by molar-refractivity contribution is 6.06. The van der Waals surface area contributed by atoms with E-state index in [-0.39, 0.29) is 34.9 Å². The molecule has 152 valence electrons. The van der Waals surface area contributed by atoms with Crippen LogP contribution in [0.3, 0.4) is 0 Å². The Bertz CT molecular complexity index is 1010. The Morgan fingerprint density at radius 1 is 1.28 bits per heavy atom. The Balaban J connectivity index is 1.91. The molecule has 1 unspecified atom stereocenters. The predicted molar refractivity (Wildman–Crippen MR) is 102 cm³/mol. The monoisotopic (exact) mass is 404 g/mol. The van der Waals surface area contributed by atoms with Gasteiger partial charge in [-0.05, 0) is 43.0 Å². The Morgan fingerprint density at radius 3 is 2.66 bits per heavy atom. The second-order valence-corrected chi connectivity index (χ2v) is 7.07. The van der Waals surface area contributed by atoms with Crippen LogP contribution in [0.5, 0.6) is 5.75 Å². The van der Waals surface area contributed by atoms with Crippen molar-refractivity contribution in [2.24, 2.45) is 11.8 Å². The molecule has 0 bridgehead atoms. The molecule has 0 aliphatic heterocycles. The molecule has 0 spiro atoms. The molecular weight excluding hydrogens is 385 g/mol. The Kier molecular flexibility index (Phi) is 5.69. The smallest absolute Gasteiger partial charge is 0.416 e. The van der Waals surface area contributed by atoms with Crippen LogP contribution < -0.4 is 15.6 Å². The average molecular weight is 404 g/mol. The SMILES string of the molecule is C#C[C@@H]1CC(Oc2ccc(C(F)(F)F)cc2C(=O)Nc2cc[nH]c(=O)c2)C[C@@H]1C. The number of ether oxygens (including phenoxy) is 1. The zero-order valence-electron chi connectivity index (χ0n) is 15.5. The fourth-order valence-electron chi connectivity index (χ4n) is 3.41. The summed E-state index contributed by atoms with van der Waals surface area (Å²) in [6.45, 7) is 1.99. The van der Waals surface area contributed by atoms with E-state index in [1.807, 2.05) is 6.92 Å². The molecule has 8 heteroatoms. The number of alkyl halides is 3. The number of benzene rings is 1. The number of H-pyrrole nitrogens is 1. The molecule has 0 radical (unpaired) electrons. The van der Waals surface area contributed by atoms with Crippen molar-refractivity contribution < 1.29 is 22.7 Å². The molecule has 3 atom stereocenters. The molecule has 1 heterocycles. The van der Waals surface area contributed by atoms with Gasteiger partial charge in [-0.25, -0.2) is 0 Å². The van der Waals surface area contributed by atoms with E-state index in [0.29, 0.717) is 12.8 Å². The summed E-state index contributed by atoms with van der Waals surface area (Å²) in [7, 11) is 0. The van der Waals surface area contributed by atoms with E-state index in [1.165, 1.54) is 12.3 Å². The van der Waals surface area contributed by atoms with E-state index in [0.717, 1.165) is 24.3 Å². The number of nitrogens with one attached hydrogen (secondary N) is 2. The fraction of sp³-hybridized carbons (Fsp3) is 0.333. The number of rotatable bonds is 4. The van der Waals surface area contributed by atoms with E-state index in [2.05, 4.69) is 16.2 Å². The maximum absolute atomic E-state index is 13.2. The molecular formula is C21H19F3N2O3. The summed E-state index contributed by atoms with van der Waals surface area (Å²) in [5.41, 5.74) is -1.54. The lowest BCUT2D eigenvalue weighted by Gasteiger charge is -2.18. The van der Waals surface area contributed by atoms with Gasteiger partial charge in [0, 0.05) is 23.9 Å². The van der Waals surface area contributed by atoms with Gasteiger partial charge in [-0.3, -0.25) is 9.59 Å². The van der Waals surface area contributed by atoms with Gasteiger partial charge < -0.3 is 15.0 Å². The summed E-state index contributed by atoms with van der Waals surface area (Å²) < 4.78 is 45.3. The van der Waals surface area contributed by atoms with Crippen LogP contribution in [0.2, 0.25) is 0 Å². The molecule has 1 fully saturated rings. The van der Waals surface area contributed by atoms with E-state index in [9.17, 15) is 22.8 Å². The van der Waals surface area contributed by atoms with Crippen LogP contribution in [0.25, 0.3) is 0 Å². The van der Waals surface area contributed by atoms with Crippen molar-refractivity contribution in [2.75, 3.05) is 5.32 Å². The first-order valence-corrected chi connectivity index (χ1v) is 9.01. The maximum atomic E-state index is 13.2. The molecule has 0 saturated heterocycles. The van der Waals surface area contributed by atoms with E-state index in [1.54, 1.807) is 0 Å². The summed E-state index contributed by atoms with van der Waals surface area (Å²) in [6, 6.07) is 5.31. The Hall–Kier alpha value is -3.21.